The maximum absolute atomic E-state index is 11.9. The highest BCUT2D eigenvalue weighted by Gasteiger charge is 2.25. The second-order valence-corrected chi connectivity index (χ2v) is 5.97. The third kappa shape index (κ3) is 6.40. The van der Waals surface area contributed by atoms with Crippen LogP contribution in [0.4, 0.5) is 0 Å². The molecule has 2 amide bonds. The highest BCUT2D eigenvalue weighted by atomic mass is 16.4. The van der Waals surface area contributed by atoms with Gasteiger partial charge < -0.3 is 15.7 Å². The van der Waals surface area contributed by atoms with Crippen LogP contribution in [0.25, 0.3) is 0 Å². The van der Waals surface area contributed by atoms with Gasteiger partial charge in [-0.1, -0.05) is 50.6 Å². The molecular formula is C18H26N2O4. The molecule has 0 bridgehead atoms. The number of hydrogen-bond acceptors (Lipinski definition) is 3. The van der Waals surface area contributed by atoms with E-state index < -0.39 is 17.9 Å². The summed E-state index contributed by atoms with van der Waals surface area (Å²) >= 11 is 0. The number of nitrogens with one attached hydrogen (secondary N) is 2. The van der Waals surface area contributed by atoms with Crippen LogP contribution in [0.15, 0.2) is 30.3 Å². The quantitative estimate of drug-likeness (QED) is 0.645. The zero-order valence-electron chi connectivity index (χ0n) is 14.4. The van der Waals surface area contributed by atoms with Crippen molar-refractivity contribution in [3.63, 3.8) is 0 Å². The number of aliphatic carboxylic acids is 1. The average Bonchev–Trinajstić information content (AvgIpc) is 2.57. The maximum Gasteiger partial charge on any atom is 0.326 e. The zero-order chi connectivity index (χ0) is 18.1. The Morgan fingerprint density at radius 3 is 2.04 bits per heavy atom. The van der Waals surface area contributed by atoms with Crippen molar-refractivity contribution in [1.82, 2.24) is 10.6 Å². The van der Waals surface area contributed by atoms with Crippen LogP contribution in [0.2, 0.25) is 0 Å². The van der Waals surface area contributed by atoms with E-state index in [4.69, 9.17) is 5.11 Å². The molecule has 0 aliphatic heterocycles. The van der Waals surface area contributed by atoms with Crippen molar-refractivity contribution in [3.05, 3.63) is 35.9 Å². The monoisotopic (exact) mass is 334 g/mol. The first-order valence-electron chi connectivity index (χ1n) is 8.21. The van der Waals surface area contributed by atoms with Crippen LogP contribution in [-0.2, 0) is 14.4 Å². The van der Waals surface area contributed by atoms with Crippen LogP contribution in [0.3, 0.4) is 0 Å². The molecule has 0 heterocycles. The smallest absolute Gasteiger partial charge is 0.326 e. The molecule has 3 atom stereocenters. The SMILES string of the molecule is CC[C@@H](C)[C@@H](NC(=O)CCC(=O)N[C@H](C)c1ccccc1)C(=O)O. The molecule has 0 saturated carbocycles. The number of hydrogen-bond donors (Lipinski definition) is 3. The Morgan fingerprint density at radius 1 is 1.00 bits per heavy atom. The van der Waals surface area contributed by atoms with Crippen molar-refractivity contribution < 1.29 is 19.5 Å². The minimum absolute atomic E-state index is 0.0237. The van der Waals surface area contributed by atoms with E-state index in [1.54, 1.807) is 6.92 Å². The number of carboxylic acid groups (broad SMARTS) is 1. The first-order chi connectivity index (χ1) is 11.3. The van der Waals surface area contributed by atoms with E-state index in [2.05, 4.69) is 10.6 Å². The van der Waals surface area contributed by atoms with Crippen LogP contribution < -0.4 is 10.6 Å². The van der Waals surface area contributed by atoms with Gasteiger partial charge in [0.05, 0.1) is 6.04 Å². The Morgan fingerprint density at radius 2 is 1.54 bits per heavy atom. The Hall–Kier alpha value is -2.37. The lowest BCUT2D eigenvalue weighted by molar-refractivity contribution is -0.143. The summed E-state index contributed by atoms with van der Waals surface area (Å²) in [5.74, 6) is -1.89. The molecule has 0 aliphatic rings. The van der Waals surface area contributed by atoms with Gasteiger partial charge in [-0.05, 0) is 18.4 Å². The first-order valence-corrected chi connectivity index (χ1v) is 8.21. The molecule has 3 N–H and O–H groups in total. The summed E-state index contributed by atoms with van der Waals surface area (Å²) in [4.78, 5) is 35.0. The van der Waals surface area contributed by atoms with Gasteiger partial charge in [-0.25, -0.2) is 4.79 Å². The van der Waals surface area contributed by atoms with Crippen LogP contribution >= 0.6 is 0 Å². The summed E-state index contributed by atoms with van der Waals surface area (Å²) in [6.45, 7) is 5.51. The van der Waals surface area contributed by atoms with E-state index in [9.17, 15) is 14.4 Å². The van der Waals surface area contributed by atoms with Gasteiger partial charge in [0.15, 0.2) is 0 Å². The molecule has 0 unspecified atom stereocenters. The van der Waals surface area contributed by atoms with Crippen molar-refractivity contribution in [2.75, 3.05) is 0 Å². The number of amides is 2. The minimum atomic E-state index is -1.06. The van der Waals surface area contributed by atoms with Gasteiger partial charge in [-0.2, -0.15) is 0 Å². The van der Waals surface area contributed by atoms with E-state index >= 15 is 0 Å². The van der Waals surface area contributed by atoms with Crippen molar-refractivity contribution in [1.29, 1.82) is 0 Å². The van der Waals surface area contributed by atoms with Gasteiger partial charge in [0.1, 0.15) is 6.04 Å². The molecule has 0 fully saturated rings. The van der Waals surface area contributed by atoms with Gasteiger partial charge in [-0.15, -0.1) is 0 Å². The fraction of sp³-hybridized carbons (Fsp3) is 0.500. The largest absolute Gasteiger partial charge is 0.480 e. The predicted octanol–water partition coefficient (Wildman–Crippen LogP) is 2.26. The van der Waals surface area contributed by atoms with Crippen LogP contribution in [-0.4, -0.2) is 28.9 Å². The molecule has 0 aliphatic carbocycles. The average molecular weight is 334 g/mol. The molecule has 0 spiro atoms. The van der Waals surface area contributed by atoms with E-state index in [1.165, 1.54) is 0 Å². The standard InChI is InChI=1S/C18H26N2O4/c1-4-12(2)17(18(23)24)20-16(22)11-10-15(21)19-13(3)14-8-6-5-7-9-14/h5-9,12-13,17H,4,10-11H2,1-3H3,(H,19,21)(H,20,22)(H,23,24)/t12-,13-,17-/m1/s1. The van der Waals surface area contributed by atoms with Gasteiger partial charge in [-0.3, -0.25) is 9.59 Å². The summed E-state index contributed by atoms with van der Waals surface area (Å²) in [6, 6.07) is 8.46. The minimum Gasteiger partial charge on any atom is -0.480 e. The number of benzene rings is 1. The highest BCUT2D eigenvalue weighted by molar-refractivity contribution is 5.87. The third-order valence-corrected chi connectivity index (χ3v) is 4.05. The van der Waals surface area contributed by atoms with Gasteiger partial charge >= 0.3 is 5.97 Å². The maximum atomic E-state index is 11.9. The van der Waals surface area contributed by atoms with E-state index in [0.29, 0.717) is 6.42 Å². The first kappa shape index (κ1) is 19.7. The summed E-state index contributed by atoms with van der Waals surface area (Å²) in [5, 5.41) is 14.5. The van der Waals surface area contributed by atoms with Gasteiger partial charge in [0.2, 0.25) is 11.8 Å². The Balaban J connectivity index is 2.43. The van der Waals surface area contributed by atoms with Crippen molar-refractivity contribution >= 4 is 17.8 Å². The third-order valence-electron chi connectivity index (χ3n) is 4.05. The lowest BCUT2D eigenvalue weighted by atomic mass is 9.99. The van der Waals surface area contributed by atoms with Crippen molar-refractivity contribution in [2.24, 2.45) is 5.92 Å². The molecule has 6 heteroatoms. The Labute approximate surface area is 142 Å². The lowest BCUT2D eigenvalue weighted by Crippen LogP contribution is -2.45. The molecule has 24 heavy (non-hydrogen) atoms. The molecule has 1 rings (SSSR count). The molecule has 6 nitrogen and oxygen atoms in total. The summed E-state index contributed by atoms with van der Waals surface area (Å²) < 4.78 is 0. The number of carbonyl (C=O) groups is 3. The number of carbonyl (C=O) groups excluding carboxylic acids is 2. The molecule has 1 aromatic rings. The fourth-order valence-corrected chi connectivity index (χ4v) is 2.29. The van der Waals surface area contributed by atoms with Gasteiger partial charge in [0, 0.05) is 12.8 Å². The second-order valence-electron chi connectivity index (χ2n) is 5.97. The van der Waals surface area contributed by atoms with E-state index in [-0.39, 0.29) is 30.7 Å². The van der Waals surface area contributed by atoms with E-state index in [1.807, 2.05) is 44.2 Å². The number of rotatable bonds is 9. The lowest BCUT2D eigenvalue weighted by Gasteiger charge is -2.20. The molecule has 1 aromatic carbocycles. The summed E-state index contributed by atoms with van der Waals surface area (Å²) in [5.41, 5.74) is 0.984. The fourth-order valence-electron chi connectivity index (χ4n) is 2.29. The topological polar surface area (TPSA) is 95.5 Å². The van der Waals surface area contributed by atoms with Gasteiger partial charge in [0.25, 0.3) is 0 Å². The van der Waals surface area contributed by atoms with Crippen LogP contribution in [0.1, 0.15) is 51.6 Å². The zero-order valence-corrected chi connectivity index (χ0v) is 14.4. The Bertz CT molecular complexity index is 559. The molecule has 132 valence electrons. The molecule has 0 saturated heterocycles. The second kappa shape index (κ2) is 9.70. The highest BCUT2D eigenvalue weighted by Crippen LogP contribution is 2.12. The van der Waals surface area contributed by atoms with Crippen LogP contribution in [0, 0.1) is 5.92 Å². The Kier molecular flexibility index (Phi) is 7.95. The summed E-state index contributed by atoms with van der Waals surface area (Å²) in [6.07, 6.45) is 0.635. The van der Waals surface area contributed by atoms with Crippen molar-refractivity contribution in [2.45, 2.75) is 52.1 Å². The summed E-state index contributed by atoms with van der Waals surface area (Å²) in [7, 11) is 0. The molecule has 0 radical (unpaired) electrons. The van der Waals surface area contributed by atoms with Crippen molar-refractivity contribution in [3.8, 4) is 0 Å². The van der Waals surface area contributed by atoms with E-state index in [0.717, 1.165) is 5.56 Å². The predicted molar refractivity (Wildman–Crippen MR) is 91.3 cm³/mol. The molecular weight excluding hydrogens is 308 g/mol. The number of carboxylic acids is 1. The van der Waals surface area contributed by atoms with Crippen LogP contribution in [0.5, 0.6) is 0 Å². The normalized spacial score (nSPS) is 14.3. The molecule has 0 aromatic heterocycles.